The maximum Gasteiger partial charge on any atom is 0.201 e. The highest BCUT2D eigenvalue weighted by Crippen LogP contribution is 2.33. The summed E-state index contributed by atoms with van der Waals surface area (Å²) in [5.74, 6) is 0. The molecule has 0 unspecified atom stereocenters. The molecule has 0 nitrogen and oxygen atoms in total. The van der Waals surface area contributed by atoms with Crippen molar-refractivity contribution in [1.29, 1.82) is 0 Å². The van der Waals surface area contributed by atoms with Crippen molar-refractivity contribution in [1.82, 2.24) is 0 Å². The average Bonchev–Trinajstić information content (AvgIpc) is 1.97. The fourth-order valence-electron chi connectivity index (χ4n) is 0.996. The second-order valence-electron chi connectivity index (χ2n) is 3.06. The first-order chi connectivity index (χ1) is 5.12. The van der Waals surface area contributed by atoms with Crippen LogP contribution in [0.25, 0.3) is 0 Å². The van der Waals surface area contributed by atoms with Gasteiger partial charge in [-0.1, -0.05) is 39.5 Å². The summed E-state index contributed by atoms with van der Waals surface area (Å²) in [5, 5.41) is -1.12. The summed E-state index contributed by atoms with van der Waals surface area (Å²) in [6.07, 6.45) is 5.37. The van der Waals surface area contributed by atoms with Gasteiger partial charge < -0.3 is 0 Å². The lowest BCUT2D eigenvalue weighted by molar-refractivity contribution is 0.848. The molecule has 0 aromatic rings. The van der Waals surface area contributed by atoms with Gasteiger partial charge in [-0.15, -0.1) is 30.6 Å². The predicted molar refractivity (Wildman–Crippen MR) is 63.0 cm³/mol. The van der Waals surface area contributed by atoms with Crippen LogP contribution in [-0.2, 0) is 0 Å². The Hall–Kier alpha value is 1.18. The van der Waals surface area contributed by atoms with Crippen LogP contribution >= 0.6 is 30.6 Å². The third kappa shape index (κ3) is 7.53. The van der Waals surface area contributed by atoms with E-state index in [4.69, 9.17) is 0 Å². The molecule has 0 aromatic heterocycles. The summed E-state index contributed by atoms with van der Waals surface area (Å²) in [6.45, 7) is 4.51. The van der Waals surface area contributed by atoms with E-state index in [0.29, 0.717) is 0 Å². The van der Waals surface area contributed by atoms with Gasteiger partial charge in [-0.25, -0.2) is 0 Å². The SMILES string of the molecule is CCCC[Si](Br)(Br)CCCC. The number of halogens is 2. The lowest BCUT2D eigenvalue weighted by atomic mass is 10.4. The van der Waals surface area contributed by atoms with Crippen molar-refractivity contribution in [2.75, 3.05) is 0 Å². The standard InChI is InChI=1S/C8H18Br2Si/c1-3-5-7-11(9,10)8-6-4-2/h3-8H2,1-2H3. The van der Waals surface area contributed by atoms with Crippen molar-refractivity contribution in [2.45, 2.75) is 51.6 Å². The van der Waals surface area contributed by atoms with Crippen molar-refractivity contribution < 1.29 is 0 Å². The van der Waals surface area contributed by atoms with Crippen LogP contribution in [0.2, 0.25) is 12.1 Å². The molecule has 0 aromatic carbocycles. The Morgan fingerprint density at radius 3 is 1.55 bits per heavy atom. The van der Waals surface area contributed by atoms with Gasteiger partial charge in [0.15, 0.2) is 0 Å². The Morgan fingerprint density at radius 1 is 0.909 bits per heavy atom. The summed E-state index contributed by atoms with van der Waals surface area (Å²) in [4.78, 5) is 0. The summed E-state index contributed by atoms with van der Waals surface area (Å²) >= 11 is 7.68. The van der Waals surface area contributed by atoms with Crippen LogP contribution in [0.1, 0.15) is 39.5 Å². The van der Waals surface area contributed by atoms with Crippen LogP contribution < -0.4 is 0 Å². The normalized spacial score (nSPS) is 12.0. The minimum atomic E-state index is -1.12. The molecule has 0 bridgehead atoms. The second kappa shape index (κ2) is 6.67. The molecular formula is C8H18Br2Si. The minimum Gasteiger partial charge on any atom is -0.111 e. The van der Waals surface area contributed by atoms with E-state index in [-0.39, 0.29) is 0 Å². The Labute approximate surface area is 87.3 Å². The zero-order valence-electron chi connectivity index (χ0n) is 7.50. The number of hydrogen-bond acceptors (Lipinski definition) is 0. The van der Waals surface area contributed by atoms with E-state index in [0.717, 1.165) is 0 Å². The van der Waals surface area contributed by atoms with Crippen molar-refractivity contribution in [3.63, 3.8) is 0 Å². The summed E-state index contributed by atoms with van der Waals surface area (Å²) in [6, 6.07) is 2.76. The predicted octanol–water partition coefficient (Wildman–Crippen LogP) is 4.82. The fourth-order valence-corrected chi connectivity index (χ4v) is 6.35. The van der Waals surface area contributed by atoms with Crippen molar-refractivity contribution in [3.8, 4) is 0 Å². The van der Waals surface area contributed by atoms with Crippen LogP contribution in [0.4, 0.5) is 0 Å². The van der Waals surface area contributed by atoms with Crippen molar-refractivity contribution in [3.05, 3.63) is 0 Å². The van der Waals surface area contributed by atoms with Crippen LogP contribution in [-0.4, -0.2) is 5.31 Å². The van der Waals surface area contributed by atoms with Gasteiger partial charge in [-0.2, -0.15) is 0 Å². The quantitative estimate of drug-likeness (QED) is 0.487. The topological polar surface area (TPSA) is 0 Å². The van der Waals surface area contributed by atoms with Crippen LogP contribution in [0.5, 0.6) is 0 Å². The summed E-state index contributed by atoms with van der Waals surface area (Å²) in [5.41, 5.74) is 0. The number of unbranched alkanes of at least 4 members (excludes halogenated alkanes) is 2. The van der Waals surface area contributed by atoms with Crippen molar-refractivity contribution >= 4 is 35.9 Å². The molecule has 0 aliphatic rings. The Kier molecular flexibility index (Phi) is 7.38. The van der Waals surface area contributed by atoms with E-state index in [1.807, 2.05) is 0 Å². The Bertz CT molecular complexity index is 84.1. The summed E-state index contributed by atoms with van der Waals surface area (Å²) in [7, 11) is 0. The number of hydrogen-bond donors (Lipinski definition) is 0. The first kappa shape index (κ1) is 12.2. The Balaban J connectivity index is 3.43. The van der Waals surface area contributed by atoms with Gasteiger partial charge in [0.25, 0.3) is 0 Å². The van der Waals surface area contributed by atoms with Gasteiger partial charge in [0.2, 0.25) is 5.31 Å². The van der Waals surface area contributed by atoms with E-state index < -0.39 is 5.31 Å². The molecule has 0 heterocycles. The highest BCUT2D eigenvalue weighted by molar-refractivity contribution is 9.51. The molecular weight excluding hydrogens is 284 g/mol. The molecule has 0 N–H and O–H groups in total. The lowest BCUT2D eigenvalue weighted by Gasteiger charge is -2.16. The van der Waals surface area contributed by atoms with E-state index in [9.17, 15) is 0 Å². The molecule has 3 heteroatoms. The first-order valence-corrected chi connectivity index (χ1v) is 11.4. The van der Waals surface area contributed by atoms with Gasteiger partial charge in [-0.05, 0) is 12.1 Å². The monoisotopic (exact) mass is 300 g/mol. The van der Waals surface area contributed by atoms with Gasteiger partial charge in [0.1, 0.15) is 0 Å². The fraction of sp³-hybridized carbons (Fsp3) is 1.00. The zero-order chi connectivity index (χ0) is 8.74. The van der Waals surface area contributed by atoms with Crippen LogP contribution in [0.15, 0.2) is 0 Å². The first-order valence-electron chi connectivity index (χ1n) is 4.50. The highest BCUT2D eigenvalue weighted by atomic mass is 79.9. The minimum absolute atomic E-state index is 1.12. The molecule has 0 amide bonds. The summed E-state index contributed by atoms with van der Waals surface area (Å²) < 4.78 is 0. The van der Waals surface area contributed by atoms with E-state index in [1.54, 1.807) is 0 Å². The highest BCUT2D eigenvalue weighted by Gasteiger charge is 2.24. The van der Waals surface area contributed by atoms with Crippen LogP contribution in [0, 0.1) is 0 Å². The molecule has 0 aliphatic heterocycles. The van der Waals surface area contributed by atoms with Gasteiger partial charge in [0.05, 0.1) is 0 Å². The van der Waals surface area contributed by atoms with Crippen LogP contribution in [0.3, 0.4) is 0 Å². The van der Waals surface area contributed by atoms with E-state index >= 15 is 0 Å². The maximum atomic E-state index is 3.84. The second-order valence-corrected chi connectivity index (χ2v) is 18.1. The molecule has 0 fully saturated rings. The van der Waals surface area contributed by atoms with Gasteiger partial charge in [0, 0.05) is 0 Å². The molecule has 0 saturated carbocycles. The molecule has 0 atom stereocenters. The molecule has 11 heavy (non-hydrogen) atoms. The molecule has 0 radical (unpaired) electrons. The third-order valence-corrected chi connectivity index (χ3v) is 8.72. The Morgan fingerprint density at radius 2 is 1.27 bits per heavy atom. The maximum absolute atomic E-state index is 3.84. The van der Waals surface area contributed by atoms with Gasteiger partial charge >= 0.3 is 0 Å². The van der Waals surface area contributed by atoms with E-state index in [1.165, 1.54) is 37.8 Å². The third-order valence-electron chi connectivity index (χ3n) is 1.79. The number of rotatable bonds is 6. The zero-order valence-corrected chi connectivity index (χ0v) is 11.7. The largest absolute Gasteiger partial charge is 0.201 e. The smallest absolute Gasteiger partial charge is 0.111 e. The van der Waals surface area contributed by atoms with E-state index in [2.05, 4.69) is 44.4 Å². The average molecular weight is 302 g/mol. The molecule has 0 saturated heterocycles. The van der Waals surface area contributed by atoms with Crippen molar-refractivity contribution in [2.24, 2.45) is 0 Å². The lowest BCUT2D eigenvalue weighted by Crippen LogP contribution is -2.15. The van der Waals surface area contributed by atoms with Gasteiger partial charge in [-0.3, -0.25) is 0 Å². The molecule has 68 valence electrons. The molecule has 0 spiro atoms. The molecule has 0 rings (SSSR count). The molecule has 0 aliphatic carbocycles.